The highest BCUT2D eigenvalue weighted by Crippen LogP contribution is 2.18. The van der Waals surface area contributed by atoms with E-state index in [-0.39, 0.29) is 10.6 Å². The number of halogens is 1. The third kappa shape index (κ3) is 3.71. The van der Waals surface area contributed by atoms with Crippen LogP contribution in [0, 0.1) is 6.92 Å². The molecule has 0 spiro atoms. The molecule has 0 fully saturated rings. The second-order valence-electron chi connectivity index (χ2n) is 3.43. The number of hydrogen-bond acceptors (Lipinski definition) is 3. The summed E-state index contributed by atoms with van der Waals surface area (Å²) in [5, 5.41) is 2.48. The van der Waals surface area contributed by atoms with Crippen molar-refractivity contribution in [2.45, 2.75) is 6.92 Å². The van der Waals surface area contributed by atoms with Crippen molar-refractivity contribution in [1.82, 2.24) is 5.32 Å². The molecule has 0 unspecified atom stereocenters. The minimum atomic E-state index is -3.41. The van der Waals surface area contributed by atoms with E-state index in [9.17, 15) is 13.2 Å². The molecule has 0 saturated heterocycles. The number of nitrogens with one attached hydrogen (secondary N) is 2. The normalized spacial score (nSPS) is 11.0. The number of anilines is 1. The molecule has 17 heavy (non-hydrogen) atoms. The van der Waals surface area contributed by atoms with Crippen molar-refractivity contribution in [3.63, 3.8) is 0 Å². The Balaban J connectivity index is 3.11. The first-order valence-corrected chi connectivity index (χ1v) is 7.56. The van der Waals surface area contributed by atoms with Gasteiger partial charge < -0.3 is 5.32 Å². The fourth-order valence-corrected chi connectivity index (χ4v) is 2.17. The van der Waals surface area contributed by atoms with Crippen molar-refractivity contribution < 1.29 is 13.2 Å². The number of hydrogen-bond donors (Lipinski definition) is 2. The van der Waals surface area contributed by atoms with Gasteiger partial charge in [-0.05, 0) is 24.6 Å². The molecule has 0 radical (unpaired) electrons. The Labute approximate surface area is 109 Å². The summed E-state index contributed by atoms with van der Waals surface area (Å²) in [7, 11) is -1.89. The van der Waals surface area contributed by atoms with Crippen LogP contribution in [0.25, 0.3) is 0 Å². The lowest BCUT2D eigenvalue weighted by Crippen LogP contribution is -2.19. The average Bonchev–Trinajstić information content (AvgIpc) is 2.30. The molecule has 1 aromatic carbocycles. The van der Waals surface area contributed by atoms with E-state index in [0.717, 1.165) is 5.56 Å². The highest BCUT2D eigenvalue weighted by Gasteiger charge is 2.12. The molecule has 2 N–H and O–H groups in total. The Morgan fingerprint density at radius 1 is 1.41 bits per heavy atom. The third-order valence-corrected chi connectivity index (χ3v) is 4.76. The molecule has 0 aliphatic carbocycles. The van der Waals surface area contributed by atoms with Crippen molar-refractivity contribution in [2.24, 2.45) is 0 Å². The van der Waals surface area contributed by atoms with Crippen molar-refractivity contribution in [1.29, 1.82) is 0 Å². The van der Waals surface area contributed by atoms with Crippen LogP contribution >= 0.6 is 15.9 Å². The van der Waals surface area contributed by atoms with Gasteiger partial charge in [0.25, 0.3) is 5.91 Å². The standard InChI is InChI=1S/C10H13BrN2O3S/c1-7-3-4-8(10(14)12-2)5-9(7)13-17(15,16)6-11/h3-5,13H,6H2,1-2H3,(H,12,14). The maximum atomic E-state index is 11.4. The van der Waals surface area contributed by atoms with Gasteiger partial charge in [0.15, 0.2) is 0 Å². The second kappa shape index (κ2) is 5.50. The number of benzene rings is 1. The minimum Gasteiger partial charge on any atom is -0.355 e. The number of rotatable bonds is 4. The van der Waals surface area contributed by atoms with Crippen LogP contribution in [0.5, 0.6) is 0 Å². The molecule has 1 rings (SSSR count). The SMILES string of the molecule is CNC(=O)c1ccc(C)c(NS(=O)(=O)CBr)c1. The predicted molar refractivity (Wildman–Crippen MR) is 70.9 cm³/mol. The van der Waals surface area contributed by atoms with Crippen LogP contribution in [-0.2, 0) is 10.0 Å². The van der Waals surface area contributed by atoms with Gasteiger partial charge in [0, 0.05) is 12.6 Å². The van der Waals surface area contributed by atoms with E-state index >= 15 is 0 Å². The van der Waals surface area contributed by atoms with Crippen LogP contribution in [0.3, 0.4) is 0 Å². The van der Waals surface area contributed by atoms with E-state index in [4.69, 9.17) is 0 Å². The Kier molecular flexibility index (Phi) is 4.53. The van der Waals surface area contributed by atoms with Gasteiger partial charge >= 0.3 is 0 Å². The van der Waals surface area contributed by atoms with Crippen LogP contribution in [0.2, 0.25) is 0 Å². The van der Waals surface area contributed by atoms with Crippen LogP contribution in [0.15, 0.2) is 18.2 Å². The zero-order chi connectivity index (χ0) is 13.1. The Hall–Kier alpha value is -1.08. The minimum absolute atomic E-state index is 0.191. The van der Waals surface area contributed by atoms with Crippen LogP contribution in [0.4, 0.5) is 5.69 Å². The highest BCUT2D eigenvalue weighted by molar-refractivity contribution is 9.10. The number of sulfonamides is 1. The number of carbonyl (C=O) groups excluding carboxylic acids is 1. The number of alkyl halides is 1. The lowest BCUT2D eigenvalue weighted by Gasteiger charge is -2.10. The molecule has 0 heterocycles. The summed E-state index contributed by atoms with van der Waals surface area (Å²) < 4.78 is 25.0. The van der Waals surface area contributed by atoms with Gasteiger partial charge in [-0.3, -0.25) is 9.52 Å². The fourth-order valence-electron chi connectivity index (χ4n) is 1.21. The quantitative estimate of drug-likeness (QED) is 0.824. The molecule has 5 nitrogen and oxygen atoms in total. The first kappa shape index (κ1) is 14.0. The van der Waals surface area contributed by atoms with E-state index in [1.54, 1.807) is 19.1 Å². The molecule has 0 aliphatic rings. The van der Waals surface area contributed by atoms with Crippen LogP contribution < -0.4 is 10.0 Å². The predicted octanol–water partition coefficient (Wildman–Crippen LogP) is 1.45. The van der Waals surface area contributed by atoms with Crippen molar-refractivity contribution >= 4 is 37.5 Å². The molecular weight excluding hydrogens is 308 g/mol. The monoisotopic (exact) mass is 320 g/mol. The molecule has 1 aromatic rings. The first-order chi connectivity index (χ1) is 7.89. The second-order valence-corrected chi connectivity index (χ2v) is 6.46. The molecule has 0 atom stereocenters. The zero-order valence-corrected chi connectivity index (χ0v) is 11.9. The Morgan fingerprint density at radius 3 is 2.59 bits per heavy atom. The van der Waals surface area contributed by atoms with E-state index < -0.39 is 10.0 Å². The Morgan fingerprint density at radius 2 is 2.06 bits per heavy atom. The van der Waals surface area contributed by atoms with Crippen molar-refractivity contribution in [3.05, 3.63) is 29.3 Å². The fraction of sp³-hybridized carbons (Fsp3) is 0.300. The van der Waals surface area contributed by atoms with Gasteiger partial charge in [0.05, 0.1) is 5.69 Å². The summed E-state index contributed by atoms with van der Waals surface area (Å²) in [6, 6.07) is 4.84. The number of amides is 1. The molecule has 7 heteroatoms. The van der Waals surface area contributed by atoms with Gasteiger partial charge in [-0.15, -0.1) is 0 Å². The molecule has 0 bridgehead atoms. The smallest absolute Gasteiger partial charge is 0.251 e. The first-order valence-electron chi connectivity index (χ1n) is 4.79. The molecule has 0 saturated carbocycles. The Bertz CT molecular complexity index is 528. The summed E-state index contributed by atoms with van der Waals surface area (Å²) in [4.78, 5) is 11.4. The average molecular weight is 321 g/mol. The maximum Gasteiger partial charge on any atom is 0.251 e. The third-order valence-electron chi connectivity index (χ3n) is 2.14. The van der Waals surface area contributed by atoms with Gasteiger partial charge in [0.2, 0.25) is 10.0 Å². The molecule has 94 valence electrons. The highest BCUT2D eigenvalue weighted by atomic mass is 79.9. The van der Waals surface area contributed by atoms with Gasteiger partial charge in [-0.1, -0.05) is 22.0 Å². The summed E-state index contributed by atoms with van der Waals surface area (Å²) >= 11 is 2.88. The summed E-state index contributed by atoms with van der Waals surface area (Å²) in [6.45, 7) is 1.76. The van der Waals surface area contributed by atoms with Crippen LogP contribution in [0.1, 0.15) is 15.9 Å². The van der Waals surface area contributed by atoms with Crippen LogP contribution in [-0.4, -0.2) is 26.0 Å². The maximum absolute atomic E-state index is 11.4. The summed E-state index contributed by atoms with van der Waals surface area (Å²) in [6.07, 6.45) is 0. The molecular formula is C10H13BrN2O3S. The van der Waals surface area contributed by atoms with E-state index in [1.807, 2.05) is 0 Å². The number of aryl methyl sites for hydroxylation is 1. The molecule has 0 aromatic heterocycles. The summed E-state index contributed by atoms with van der Waals surface area (Å²) in [5.74, 6) is -0.260. The summed E-state index contributed by atoms with van der Waals surface area (Å²) in [5.41, 5.74) is 1.57. The lowest BCUT2D eigenvalue weighted by atomic mass is 10.1. The largest absolute Gasteiger partial charge is 0.355 e. The van der Waals surface area contributed by atoms with Gasteiger partial charge in [-0.25, -0.2) is 8.42 Å². The lowest BCUT2D eigenvalue weighted by molar-refractivity contribution is 0.0963. The van der Waals surface area contributed by atoms with Crippen molar-refractivity contribution in [2.75, 3.05) is 16.4 Å². The van der Waals surface area contributed by atoms with E-state index in [2.05, 4.69) is 26.0 Å². The zero-order valence-electron chi connectivity index (χ0n) is 9.45. The topological polar surface area (TPSA) is 75.3 Å². The van der Waals surface area contributed by atoms with E-state index in [0.29, 0.717) is 11.3 Å². The number of carbonyl (C=O) groups is 1. The molecule has 1 amide bonds. The van der Waals surface area contributed by atoms with Gasteiger partial charge in [0.1, 0.15) is 4.66 Å². The van der Waals surface area contributed by atoms with Gasteiger partial charge in [-0.2, -0.15) is 0 Å². The molecule has 0 aliphatic heterocycles. The van der Waals surface area contributed by atoms with Crippen molar-refractivity contribution in [3.8, 4) is 0 Å². The van der Waals surface area contributed by atoms with E-state index in [1.165, 1.54) is 13.1 Å².